The monoisotopic (exact) mass is 283 g/mol. The van der Waals surface area contributed by atoms with Gasteiger partial charge in [-0.15, -0.1) is 0 Å². The van der Waals surface area contributed by atoms with E-state index in [1.807, 2.05) is 36.5 Å². The fraction of sp³-hybridized carbons (Fsp3) is 0.412. The number of anilines is 1. The summed E-state index contributed by atoms with van der Waals surface area (Å²) in [4.78, 5) is 12.0. The third-order valence-corrected chi connectivity index (χ3v) is 4.17. The van der Waals surface area contributed by atoms with Gasteiger partial charge in [-0.05, 0) is 42.7 Å². The summed E-state index contributed by atoms with van der Waals surface area (Å²) < 4.78 is 1.80. The van der Waals surface area contributed by atoms with Crippen LogP contribution >= 0.6 is 0 Å². The first kappa shape index (κ1) is 13.9. The van der Waals surface area contributed by atoms with Crippen molar-refractivity contribution >= 4 is 11.6 Å². The molecule has 1 aromatic heterocycles. The molecule has 1 aliphatic carbocycles. The molecule has 21 heavy (non-hydrogen) atoms. The second-order valence-electron chi connectivity index (χ2n) is 5.73. The summed E-state index contributed by atoms with van der Waals surface area (Å²) in [5.74, 6) is 0.881. The minimum atomic E-state index is 0.119. The molecule has 110 valence electrons. The molecule has 1 N–H and O–H groups in total. The number of carbonyl (C=O) groups is 1. The summed E-state index contributed by atoms with van der Waals surface area (Å²) >= 11 is 0. The largest absolute Gasteiger partial charge is 0.326 e. The molecule has 4 heteroatoms. The molecule has 0 atom stereocenters. The van der Waals surface area contributed by atoms with E-state index in [4.69, 9.17) is 0 Å². The predicted molar refractivity (Wildman–Crippen MR) is 83.4 cm³/mol. The molecule has 3 rings (SSSR count). The van der Waals surface area contributed by atoms with Crippen molar-refractivity contribution in [2.45, 2.75) is 38.5 Å². The van der Waals surface area contributed by atoms with Crippen LogP contribution in [0, 0.1) is 5.92 Å². The first-order valence-corrected chi connectivity index (χ1v) is 7.71. The van der Waals surface area contributed by atoms with E-state index >= 15 is 0 Å². The zero-order valence-electron chi connectivity index (χ0n) is 12.2. The number of aromatic nitrogens is 2. The third-order valence-electron chi connectivity index (χ3n) is 4.17. The van der Waals surface area contributed by atoms with E-state index in [0.717, 1.165) is 23.7 Å². The number of benzene rings is 1. The number of nitrogens with zero attached hydrogens (tertiary/aromatic N) is 2. The molecule has 1 saturated carbocycles. The minimum absolute atomic E-state index is 0.119. The fourth-order valence-electron chi connectivity index (χ4n) is 2.98. The zero-order valence-corrected chi connectivity index (χ0v) is 12.2. The van der Waals surface area contributed by atoms with Gasteiger partial charge in [0.1, 0.15) is 0 Å². The summed E-state index contributed by atoms with van der Waals surface area (Å²) in [6.45, 7) is 0. The van der Waals surface area contributed by atoms with Crippen molar-refractivity contribution in [3.8, 4) is 5.69 Å². The zero-order chi connectivity index (χ0) is 14.5. The van der Waals surface area contributed by atoms with Gasteiger partial charge in [-0.2, -0.15) is 5.10 Å². The van der Waals surface area contributed by atoms with Crippen molar-refractivity contribution in [2.24, 2.45) is 5.92 Å². The van der Waals surface area contributed by atoms with E-state index in [1.54, 1.807) is 10.9 Å². The molecule has 0 aliphatic heterocycles. The molecule has 1 aromatic carbocycles. The van der Waals surface area contributed by atoms with Crippen LogP contribution in [-0.4, -0.2) is 15.7 Å². The Hall–Kier alpha value is -2.10. The van der Waals surface area contributed by atoms with Gasteiger partial charge in [-0.25, -0.2) is 4.68 Å². The van der Waals surface area contributed by atoms with Gasteiger partial charge < -0.3 is 5.32 Å². The molecule has 0 radical (unpaired) electrons. The number of hydrogen-bond acceptors (Lipinski definition) is 2. The highest BCUT2D eigenvalue weighted by Gasteiger charge is 2.16. The SMILES string of the molecule is O=C(CCC1CCCC1)Nc1ccc(-n2cccn2)cc1. The lowest BCUT2D eigenvalue weighted by Crippen LogP contribution is -2.12. The van der Waals surface area contributed by atoms with Gasteiger partial charge in [-0.1, -0.05) is 25.7 Å². The van der Waals surface area contributed by atoms with Crippen molar-refractivity contribution in [2.75, 3.05) is 5.32 Å². The van der Waals surface area contributed by atoms with Crippen LogP contribution in [0.1, 0.15) is 38.5 Å². The second kappa shape index (κ2) is 6.57. The number of carbonyl (C=O) groups excluding carboxylic acids is 1. The lowest BCUT2D eigenvalue weighted by Gasteiger charge is -2.09. The molecular weight excluding hydrogens is 262 g/mol. The summed E-state index contributed by atoms with van der Waals surface area (Å²) in [6, 6.07) is 9.65. The summed E-state index contributed by atoms with van der Waals surface area (Å²) in [6.07, 6.45) is 10.6. The summed E-state index contributed by atoms with van der Waals surface area (Å²) in [5.41, 5.74) is 1.84. The first-order valence-electron chi connectivity index (χ1n) is 7.71. The Labute approximate surface area is 125 Å². The average molecular weight is 283 g/mol. The Balaban J connectivity index is 1.51. The molecule has 1 amide bonds. The Morgan fingerprint density at radius 3 is 2.67 bits per heavy atom. The van der Waals surface area contributed by atoms with Crippen LogP contribution in [0.15, 0.2) is 42.7 Å². The van der Waals surface area contributed by atoms with Crippen LogP contribution < -0.4 is 5.32 Å². The summed E-state index contributed by atoms with van der Waals surface area (Å²) in [7, 11) is 0. The maximum atomic E-state index is 12.0. The Morgan fingerprint density at radius 2 is 2.00 bits per heavy atom. The Bertz CT molecular complexity index is 569. The van der Waals surface area contributed by atoms with Crippen LogP contribution in [0.4, 0.5) is 5.69 Å². The number of rotatable bonds is 5. The van der Waals surface area contributed by atoms with Crippen LogP contribution in [-0.2, 0) is 4.79 Å². The van der Waals surface area contributed by atoms with Crippen LogP contribution in [0.3, 0.4) is 0 Å². The van der Waals surface area contributed by atoms with Gasteiger partial charge in [0.05, 0.1) is 5.69 Å². The normalized spacial score (nSPS) is 15.2. The van der Waals surface area contributed by atoms with Crippen molar-refractivity contribution in [3.63, 3.8) is 0 Å². The fourth-order valence-corrected chi connectivity index (χ4v) is 2.98. The molecule has 1 heterocycles. The maximum absolute atomic E-state index is 12.0. The van der Waals surface area contributed by atoms with E-state index in [9.17, 15) is 4.79 Å². The Morgan fingerprint density at radius 1 is 1.24 bits per heavy atom. The second-order valence-corrected chi connectivity index (χ2v) is 5.73. The highest BCUT2D eigenvalue weighted by Crippen LogP contribution is 2.28. The lowest BCUT2D eigenvalue weighted by atomic mass is 10.0. The summed E-state index contributed by atoms with van der Waals surface area (Å²) in [5, 5.41) is 7.15. The first-order chi connectivity index (χ1) is 10.3. The van der Waals surface area contributed by atoms with Crippen molar-refractivity contribution in [3.05, 3.63) is 42.7 Å². The molecule has 0 bridgehead atoms. The lowest BCUT2D eigenvalue weighted by molar-refractivity contribution is -0.116. The third kappa shape index (κ3) is 3.72. The van der Waals surface area contributed by atoms with Crippen LogP contribution in [0.25, 0.3) is 5.69 Å². The maximum Gasteiger partial charge on any atom is 0.224 e. The molecule has 0 saturated heterocycles. The van der Waals surface area contributed by atoms with E-state index < -0.39 is 0 Å². The van der Waals surface area contributed by atoms with Gasteiger partial charge in [-0.3, -0.25) is 4.79 Å². The molecule has 1 aliphatic rings. The number of amides is 1. The molecule has 1 fully saturated rings. The standard InChI is InChI=1S/C17H21N3O/c21-17(11-6-14-4-1-2-5-14)19-15-7-9-16(10-8-15)20-13-3-12-18-20/h3,7-10,12-14H,1-2,4-6,11H2,(H,19,21). The van der Waals surface area contributed by atoms with E-state index in [1.165, 1.54) is 25.7 Å². The van der Waals surface area contributed by atoms with Gasteiger partial charge in [0.25, 0.3) is 0 Å². The van der Waals surface area contributed by atoms with Crippen molar-refractivity contribution in [1.29, 1.82) is 0 Å². The topological polar surface area (TPSA) is 46.9 Å². The van der Waals surface area contributed by atoms with Gasteiger partial charge in [0.2, 0.25) is 5.91 Å². The van der Waals surface area contributed by atoms with E-state index in [0.29, 0.717) is 6.42 Å². The average Bonchev–Trinajstić information content (AvgIpc) is 3.19. The van der Waals surface area contributed by atoms with Gasteiger partial charge in [0, 0.05) is 24.5 Å². The van der Waals surface area contributed by atoms with Crippen molar-refractivity contribution in [1.82, 2.24) is 9.78 Å². The molecule has 2 aromatic rings. The quantitative estimate of drug-likeness (QED) is 0.907. The smallest absolute Gasteiger partial charge is 0.224 e. The Kier molecular flexibility index (Phi) is 4.34. The number of hydrogen-bond donors (Lipinski definition) is 1. The highest BCUT2D eigenvalue weighted by molar-refractivity contribution is 5.90. The van der Waals surface area contributed by atoms with E-state index in [2.05, 4.69) is 10.4 Å². The molecular formula is C17H21N3O. The van der Waals surface area contributed by atoms with Crippen molar-refractivity contribution < 1.29 is 4.79 Å². The predicted octanol–water partition coefficient (Wildman–Crippen LogP) is 3.78. The molecule has 0 spiro atoms. The van der Waals surface area contributed by atoms with Gasteiger partial charge in [0.15, 0.2) is 0 Å². The highest BCUT2D eigenvalue weighted by atomic mass is 16.1. The molecule has 4 nitrogen and oxygen atoms in total. The van der Waals surface area contributed by atoms with E-state index in [-0.39, 0.29) is 5.91 Å². The van der Waals surface area contributed by atoms with Crippen LogP contribution in [0.2, 0.25) is 0 Å². The van der Waals surface area contributed by atoms with Gasteiger partial charge >= 0.3 is 0 Å². The minimum Gasteiger partial charge on any atom is -0.326 e. The number of nitrogens with one attached hydrogen (secondary N) is 1. The molecule has 0 unspecified atom stereocenters. The van der Waals surface area contributed by atoms with Crippen LogP contribution in [0.5, 0.6) is 0 Å².